The second-order valence-electron chi connectivity index (χ2n) is 5.27. The Labute approximate surface area is 104 Å². The molecule has 0 saturated heterocycles. The fourth-order valence-electron chi connectivity index (χ4n) is 1.87. The molecule has 17 heavy (non-hydrogen) atoms. The Kier molecular flexibility index (Phi) is 3.19. The van der Waals surface area contributed by atoms with Crippen molar-refractivity contribution in [2.24, 2.45) is 0 Å². The van der Waals surface area contributed by atoms with Crippen molar-refractivity contribution in [2.45, 2.75) is 38.0 Å². The van der Waals surface area contributed by atoms with E-state index in [4.69, 9.17) is 0 Å². The predicted molar refractivity (Wildman–Crippen MR) is 69.2 cm³/mol. The Balaban J connectivity index is 2.21. The van der Waals surface area contributed by atoms with Crippen LogP contribution in [-0.4, -0.2) is 14.7 Å². The van der Waals surface area contributed by atoms with E-state index in [0.717, 1.165) is 11.1 Å². The molecule has 1 aromatic carbocycles. The van der Waals surface area contributed by atoms with Crippen LogP contribution in [0.1, 0.15) is 49.2 Å². The number of Topliss-reactive ketones (excluding diaryl/α,β-unsaturated/α-hetero) is 1. The maximum absolute atomic E-state index is 12.0. The van der Waals surface area contributed by atoms with Crippen LogP contribution in [0.15, 0.2) is 24.3 Å². The molecule has 4 heteroatoms. The van der Waals surface area contributed by atoms with Gasteiger partial charge in [0, 0.05) is 12.0 Å². The minimum Gasteiger partial charge on any atom is -0.294 e. The summed E-state index contributed by atoms with van der Waals surface area (Å²) in [6.07, 6.45) is 0.404. The van der Waals surface area contributed by atoms with Crippen molar-refractivity contribution in [3.8, 4) is 0 Å². The van der Waals surface area contributed by atoms with Crippen LogP contribution in [0.4, 0.5) is 0 Å². The first-order chi connectivity index (χ1) is 7.89. The number of carbonyl (C=O) groups excluding carboxylic acids is 1. The van der Waals surface area contributed by atoms with Gasteiger partial charge in [-0.05, 0) is 26.3 Å². The van der Waals surface area contributed by atoms with Crippen LogP contribution in [-0.2, 0) is 11.0 Å². The highest BCUT2D eigenvalue weighted by Gasteiger charge is 2.32. The molecule has 0 aromatic heterocycles. The number of carbonyl (C=O) groups is 1. The Morgan fingerprint density at radius 3 is 2.59 bits per heavy atom. The molecule has 0 aliphatic heterocycles. The molecular formula is C13H17NO2S. The SMILES string of the molecule is CC(C)(C)[S@](=O)N[C@H]1CC(=O)c2ccccc21. The number of fused-ring (bicyclic) bond motifs is 1. The molecule has 2 atom stereocenters. The monoisotopic (exact) mass is 251 g/mol. The van der Waals surface area contributed by atoms with Crippen molar-refractivity contribution >= 4 is 16.8 Å². The van der Waals surface area contributed by atoms with E-state index in [2.05, 4.69) is 4.72 Å². The maximum Gasteiger partial charge on any atom is 0.165 e. The van der Waals surface area contributed by atoms with Crippen molar-refractivity contribution in [1.29, 1.82) is 0 Å². The van der Waals surface area contributed by atoms with Crippen LogP contribution in [0.25, 0.3) is 0 Å². The van der Waals surface area contributed by atoms with Gasteiger partial charge in [0.05, 0.1) is 21.8 Å². The lowest BCUT2D eigenvalue weighted by molar-refractivity contribution is 0.0988. The van der Waals surface area contributed by atoms with E-state index >= 15 is 0 Å². The van der Waals surface area contributed by atoms with Gasteiger partial charge in [-0.1, -0.05) is 24.3 Å². The van der Waals surface area contributed by atoms with Crippen molar-refractivity contribution in [3.63, 3.8) is 0 Å². The van der Waals surface area contributed by atoms with E-state index in [1.807, 2.05) is 45.0 Å². The van der Waals surface area contributed by atoms with Crippen molar-refractivity contribution in [1.82, 2.24) is 4.72 Å². The average Bonchev–Trinajstić information content (AvgIpc) is 2.56. The van der Waals surface area contributed by atoms with E-state index in [1.165, 1.54) is 0 Å². The van der Waals surface area contributed by atoms with Gasteiger partial charge >= 0.3 is 0 Å². The lowest BCUT2D eigenvalue weighted by Gasteiger charge is -2.21. The molecule has 0 radical (unpaired) electrons. The van der Waals surface area contributed by atoms with Crippen LogP contribution in [0, 0.1) is 0 Å². The fourth-order valence-corrected chi connectivity index (χ4v) is 2.69. The number of hydrogen-bond donors (Lipinski definition) is 1. The smallest absolute Gasteiger partial charge is 0.165 e. The third-order valence-corrected chi connectivity index (χ3v) is 4.44. The molecule has 92 valence electrons. The molecule has 0 bridgehead atoms. The molecule has 1 aliphatic carbocycles. The highest BCUT2D eigenvalue weighted by atomic mass is 32.2. The zero-order chi connectivity index (χ0) is 12.6. The summed E-state index contributed by atoms with van der Waals surface area (Å²) < 4.78 is 14.8. The molecule has 0 fully saturated rings. The Morgan fingerprint density at radius 1 is 1.29 bits per heavy atom. The summed E-state index contributed by atoms with van der Waals surface area (Å²) in [4.78, 5) is 11.8. The van der Waals surface area contributed by atoms with Gasteiger partial charge in [0.15, 0.2) is 5.78 Å². The molecule has 0 amide bonds. The largest absolute Gasteiger partial charge is 0.294 e. The van der Waals surface area contributed by atoms with E-state index in [-0.39, 0.29) is 16.6 Å². The van der Waals surface area contributed by atoms with Gasteiger partial charge in [-0.2, -0.15) is 0 Å². The lowest BCUT2D eigenvalue weighted by atomic mass is 10.1. The maximum atomic E-state index is 12.0. The van der Waals surface area contributed by atoms with Crippen molar-refractivity contribution in [3.05, 3.63) is 35.4 Å². The number of nitrogens with one attached hydrogen (secondary N) is 1. The first-order valence-corrected chi connectivity index (χ1v) is 6.85. The topological polar surface area (TPSA) is 46.2 Å². The van der Waals surface area contributed by atoms with Crippen molar-refractivity contribution < 1.29 is 9.00 Å². The predicted octanol–water partition coefficient (Wildman–Crippen LogP) is 2.37. The molecular weight excluding hydrogens is 234 g/mol. The van der Waals surface area contributed by atoms with Gasteiger partial charge in [0.1, 0.15) is 0 Å². The van der Waals surface area contributed by atoms with Gasteiger partial charge in [0.2, 0.25) is 0 Å². The second kappa shape index (κ2) is 4.35. The zero-order valence-corrected chi connectivity index (χ0v) is 11.1. The third kappa shape index (κ3) is 2.48. The quantitative estimate of drug-likeness (QED) is 0.877. The second-order valence-corrected chi connectivity index (χ2v) is 7.26. The molecule has 1 aromatic rings. The molecule has 1 aliphatic rings. The Hall–Kier alpha value is -1.00. The number of benzene rings is 1. The van der Waals surface area contributed by atoms with Crippen LogP contribution in [0.3, 0.4) is 0 Å². The molecule has 0 unspecified atom stereocenters. The standard InChI is InChI=1S/C13H17NO2S/c1-13(2,3)17(16)14-11-8-12(15)10-7-5-4-6-9(10)11/h4-7,11,14H,8H2,1-3H3/t11-,17-/m0/s1. The summed E-state index contributed by atoms with van der Waals surface area (Å²) >= 11 is 0. The normalized spacial score (nSPS) is 21.4. The number of hydrogen-bond acceptors (Lipinski definition) is 2. The van der Waals surface area contributed by atoms with Gasteiger partial charge in [-0.15, -0.1) is 0 Å². The van der Waals surface area contributed by atoms with E-state index in [9.17, 15) is 9.00 Å². The summed E-state index contributed by atoms with van der Waals surface area (Å²) in [5.74, 6) is 0.129. The summed E-state index contributed by atoms with van der Waals surface area (Å²) in [6, 6.07) is 7.42. The van der Waals surface area contributed by atoms with Gasteiger partial charge in [-0.3, -0.25) is 4.79 Å². The first-order valence-electron chi connectivity index (χ1n) is 5.70. The van der Waals surface area contributed by atoms with E-state index < -0.39 is 11.0 Å². The molecule has 3 nitrogen and oxygen atoms in total. The van der Waals surface area contributed by atoms with Crippen LogP contribution in [0.2, 0.25) is 0 Å². The van der Waals surface area contributed by atoms with Gasteiger partial charge in [0.25, 0.3) is 0 Å². The van der Waals surface area contributed by atoms with Crippen LogP contribution >= 0.6 is 0 Å². The Morgan fingerprint density at radius 2 is 1.94 bits per heavy atom. The zero-order valence-electron chi connectivity index (χ0n) is 10.3. The van der Waals surface area contributed by atoms with Crippen LogP contribution < -0.4 is 4.72 Å². The highest BCUT2D eigenvalue weighted by molar-refractivity contribution is 7.84. The van der Waals surface area contributed by atoms with E-state index in [0.29, 0.717) is 6.42 Å². The molecule has 0 spiro atoms. The van der Waals surface area contributed by atoms with Gasteiger partial charge in [-0.25, -0.2) is 8.93 Å². The Bertz CT molecular complexity index is 477. The summed E-state index contributed by atoms with van der Waals surface area (Å²) in [6.45, 7) is 5.75. The number of rotatable bonds is 2. The third-order valence-electron chi connectivity index (χ3n) is 2.83. The number of ketones is 1. The first kappa shape index (κ1) is 12.5. The van der Waals surface area contributed by atoms with Crippen molar-refractivity contribution in [2.75, 3.05) is 0 Å². The fraction of sp³-hybridized carbons (Fsp3) is 0.462. The summed E-state index contributed by atoms with van der Waals surface area (Å²) in [5.41, 5.74) is 1.73. The van der Waals surface area contributed by atoms with E-state index in [1.54, 1.807) is 0 Å². The lowest BCUT2D eigenvalue weighted by Crippen LogP contribution is -2.35. The molecule has 0 saturated carbocycles. The minimum absolute atomic E-state index is 0.112. The molecule has 2 rings (SSSR count). The molecule has 0 heterocycles. The average molecular weight is 251 g/mol. The minimum atomic E-state index is -1.15. The van der Waals surface area contributed by atoms with Gasteiger partial charge < -0.3 is 0 Å². The molecule has 1 N–H and O–H groups in total. The summed E-state index contributed by atoms with van der Waals surface area (Å²) in [7, 11) is -1.15. The van der Waals surface area contributed by atoms with Crippen LogP contribution in [0.5, 0.6) is 0 Å². The summed E-state index contributed by atoms with van der Waals surface area (Å²) in [5, 5.41) is 0. The highest BCUT2D eigenvalue weighted by Crippen LogP contribution is 2.31.